The molecule has 1 aromatic heterocycles. The van der Waals surface area contributed by atoms with Gasteiger partial charge in [-0.1, -0.05) is 30.3 Å². The second-order valence-electron chi connectivity index (χ2n) is 7.22. The topological polar surface area (TPSA) is 88.9 Å². The molecule has 1 fully saturated rings. The number of furan rings is 1. The summed E-state index contributed by atoms with van der Waals surface area (Å²) in [6.45, 7) is 1.94. The van der Waals surface area contributed by atoms with E-state index in [0.29, 0.717) is 24.4 Å². The Balaban J connectivity index is 1.37. The Morgan fingerprint density at radius 3 is 2.70 bits per heavy atom. The molecule has 2 amide bonds. The van der Waals surface area contributed by atoms with Gasteiger partial charge in [0, 0.05) is 18.4 Å². The first kappa shape index (κ1) is 19.7. The Morgan fingerprint density at radius 2 is 1.93 bits per heavy atom. The SMILES string of the molecule is C[C@@H](NC(=O)COC(=O)c1ccccc1N1CCCC1=O)c1cc2ccccc2o1. The molecule has 154 valence electrons. The molecule has 0 saturated carbocycles. The lowest BCUT2D eigenvalue weighted by molar-refractivity contribution is -0.125. The number of ether oxygens (including phenoxy) is 1. The molecule has 7 heteroatoms. The van der Waals surface area contributed by atoms with Gasteiger partial charge >= 0.3 is 5.97 Å². The molecule has 2 aromatic carbocycles. The summed E-state index contributed by atoms with van der Waals surface area (Å²) >= 11 is 0. The minimum Gasteiger partial charge on any atom is -0.459 e. The summed E-state index contributed by atoms with van der Waals surface area (Å²) in [6, 6.07) is 15.8. The van der Waals surface area contributed by atoms with Crippen LogP contribution in [0.4, 0.5) is 5.69 Å². The molecule has 0 radical (unpaired) electrons. The number of hydrogen-bond donors (Lipinski definition) is 1. The number of benzene rings is 2. The molecule has 0 bridgehead atoms. The predicted molar refractivity (Wildman–Crippen MR) is 111 cm³/mol. The van der Waals surface area contributed by atoms with Gasteiger partial charge in [-0.3, -0.25) is 9.59 Å². The van der Waals surface area contributed by atoms with Crippen LogP contribution in [0.1, 0.15) is 41.9 Å². The number of esters is 1. The van der Waals surface area contributed by atoms with Crippen LogP contribution >= 0.6 is 0 Å². The Morgan fingerprint density at radius 1 is 1.17 bits per heavy atom. The number of nitrogens with zero attached hydrogens (tertiary/aromatic N) is 1. The number of hydrogen-bond acceptors (Lipinski definition) is 5. The van der Waals surface area contributed by atoms with Crippen LogP contribution in [0.3, 0.4) is 0 Å². The van der Waals surface area contributed by atoms with Gasteiger partial charge in [-0.05, 0) is 37.6 Å². The zero-order valence-corrected chi connectivity index (χ0v) is 16.6. The number of carbonyl (C=O) groups is 3. The maximum Gasteiger partial charge on any atom is 0.340 e. The van der Waals surface area contributed by atoms with Crippen LogP contribution in [-0.4, -0.2) is 30.9 Å². The maximum absolute atomic E-state index is 12.5. The smallest absolute Gasteiger partial charge is 0.340 e. The van der Waals surface area contributed by atoms with E-state index in [1.54, 1.807) is 36.1 Å². The van der Waals surface area contributed by atoms with Crippen molar-refractivity contribution in [3.05, 3.63) is 65.9 Å². The van der Waals surface area contributed by atoms with Crippen molar-refractivity contribution in [2.75, 3.05) is 18.1 Å². The van der Waals surface area contributed by atoms with Gasteiger partial charge in [0.2, 0.25) is 5.91 Å². The van der Waals surface area contributed by atoms with Crippen molar-refractivity contribution in [2.24, 2.45) is 0 Å². The van der Waals surface area contributed by atoms with E-state index in [1.165, 1.54) is 0 Å². The van der Waals surface area contributed by atoms with Gasteiger partial charge in [-0.15, -0.1) is 0 Å². The Kier molecular flexibility index (Phi) is 5.52. The first-order chi connectivity index (χ1) is 14.5. The summed E-state index contributed by atoms with van der Waals surface area (Å²) in [4.78, 5) is 38.4. The van der Waals surface area contributed by atoms with Crippen LogP contribution in [0.25, 0.3) is 11.0 Å². The zero-order chi connectivity index (χ0) is 21.1. The molecular formula is C23H22N2O5. The monoisotopic (exact) mass is 406 g/mol. The lowest BCUT2D eigenvalue weighted by atomic mass is 10.1. The van der Waals surface area contributed by atoms with Crippen LogP contribution in [0.15, 0.2) is 59.0 Å². The standard InChI is InChI=1S/C23H22N2O5/c1-15(20-13-16-7-2-5-10-19(16)30-20)24-21(26)14-29-23(28)17-8-3-4-9-18(17)25-12-6-11-22(25)27/h2-5,7-10,13,15H,6,11-12,14H2,1H3,(H,24,26)/t15-/m1/s1. The number of carbonyl (C=O) groups excluding carboxylic acids is 3. The molecule has 1 saturated heterocycles. The summed E-state index contributed by atoms with van der Waals surface area (Å²) < 4.78 is 10.9. The van der Waals surface area contributed by atoms with E-state index in [2.05, 4.69) is 5.32 Å². The Bertz CT molecular complexity index is 1070. The quantitative estimate of drug-likeness (QED) is 0.632. The van der Waals surface area contributed by atoms with Crippen molar-refractivity contribution < 1.29 is 23.5 Å². The van der Waals surface area contributed by atoms with Crippen molar-refractivity contribution in [1.29, 1.82) is 0 Å². The third kappa shape index (κ3) is 4.05. The molecule has 0 aliphatic carbocycles. The molecule has 1 aliphatic rings. The van der Waals surface area contributed by atoms with Crippen LogP contribution in [0, 0.1) is 0 Å². The van der Waals surface area contributed by atoms with E-state index in [4.69, 9.17) is 9.15 Å². The Hall–Kier alpha value is -3.61. The third-order valence-corrected chi connectivity index (χ3v) is 5.07. The average molecular weight is 406 g/mol. The van der Waals surface area contributed by atoms with Crippen LogP contribution in [0.2, 0.25) is 0 Å². The fraction of sp³-hybridized carbons (Fsp3) is 0.261. The van der Waals surface area contributed by atoms with Gasteiger partial charge in [-0.25, -0.2) is 4.79 Å². The van der Waals surface area contributed by atoms with E-state index < -0.39 is 18.5 Å². The number of para-hydroxylation sites is 2. The summed E-state index contributed by atoms with van der Waals surface area (Å²) in [7, 11) is 0. The van der Waals surface area contributed by atoms with Crippen molar-refractivity contribution in [3.63, 3.8) is 0 Å². The van der Waals surface area contributed by atoms with Crippen LogP contribution in [0.5, 0.6) is 0 Å². The largest absolute Gasteiger partial charge is 0.459 e. The van der Waals surface area contributed by atoms with Crippen LogP contribution < -0.4 is 10.2 Å². The number of anilines is 1. The maximum atomic E-state index is 12.5. The fourth-order valence-corrected chi connectivity index (χ4v) is 3.56. The lowest BCUT2D eigenvalue weighted by Gasteiger charge is -2.19. The minimum atomic E-state index is -0.642. The first-order valence-corrected chi connectivity index (χ1v) is 9.87. The van der Waals surface area contributed by atoms with Crippen molar-refractivity contribution >= 4 is 34.4 Å². The third-order valence-electron chi connectivity index (χ3n) is 5.07. The fourth-order valence-electron chi connectivity index (χ4n) is 3.56. The summed E-state index contributed by atoms with van der Waals surface area (Å²) in [5.41, 5.74) is 1.53. The molecular weight excluding hydrogens is 384 g/mol. The van der Waals surface area contributed by atoms with E-state index in [0.717, 1.165) is 17.4 Å². The second kappa shape index (κ2) is 8.41. The highest BCUT2D eigenvalue weighted by Gasteiger charge is 2.26. The van der Waals surface area contributed by atoms with Gasteiger partial charge in [0.1, 0.15) is 11.3 Å². The van der Waals surface area contributed by atoms with Gasteiger partial charge in [0.15, 0.2) is 6.61 Å². The highest BCUT2D eigenvalue weighted by Crippen LogP contribution is 2.26. The number of fused-ring (bicyclic) bond motifs is 1. The van der Waals surface area contributed by atoms with E-state index >= 15 is 0 Å². The Labute approximate surface area is 173 Å². The van der Waals surface area contributed by atoms with Crippen molar-refractivity contribution in [3.8, 4) is 0 Å². The van der Waals surface area contributed by atoms with Gasteiger partial charge in [0.05, 0.1) is 17.3 Å². The van der Waals surface area contributed by atoms with E-state index in [9.17, 15) is 14.4 Å². The second-order valence-corrected chi connectivity index (χ2v) is 7.22. The molecule has 1 aliphatic heterocycles. The van der Waals surface area contributed by atoms with Crippen molar-refractivity contribution in [2.45, 2.75) is 25.8 Å². The number of nitrogens with one attached hydrogen (secondary N) is 1. The number of rotatable bonds is 6. The van der Waals surface area contributed by atoms with Gasteiger partial charge in [0.25, 0.3) is 5.91 Å². The number of amides is 2. The molecule has 2 heterocycles. The van der Waals surface area contributed by atoms with Crippen LogP contribution in [-0.2, 0) is 14.3 Å². The van der Waals surface area contributed by atoms with Gasteiger partial charge in [-0.2, -0.15) is 0 Å². The molecule has 4 rings (SSSR count). The molecule has 30 heavy (non-hydrogen) atoms. The molecule has 0 spiro atoms. The molecule has 7 nitrogen and oxygen atoms in total. The lowest BCUT2D eigenvalue weighted by Crippen LogP contribution is -2.31. The molecule has 0 unspecified atom stereocenters. The molecule has 3 aromatic rings. The van der Waals surface area contributed by atoms with Crippen molar-refractivity contribution in [1.82, 2.24) is 5.32 Å². The highest BCUT2D eigenvalue weighted by atomic mass is 16.5. The van der Waals surface area contributed by atoms with E-state index in [1.807, 2.05) is 30.3 Å². The predicted octanol–water partition coefficient (Wildman–Crippen LogP) is 3.59. The minimum absolute atomic E-state index is 0.0207. The summed E-state index contributed by atoms with van der Waals surface area (Å²) in [5.74, 6) is -0.482. The molecule has 1 atom stereocenters. The average Bonchev–Trinajstić information content (AvgIpc) is 3.38. The molecule has 1 N–H and O–H groups in total. The summed E-state index contributed by atoms with van der Waals surface area (Å²) in [6.07, 6.45) is 1.22. The highest BCUT2D eigenvalue weighted by molar-refractivity contribution is 6.03. The van der Waals surface area contributed by atoms with Gasteiger partial charge < -0.3 is 19.4 Å². The first-order valence-electron chi connectivity index (χ1n) is 9.87. The van der Waals surface area contributed by atoms with E-state index in [-0.39, 0.29) is 17.5 Å². The summed E-state index contributed by atoms with van der Waals surface area (Å²) in [5, 5.41) is 3.72. The normalized spacial score (nSPS) is 14.7. The zero-order valence-electron chi connectivity index (χ0n) is 16.6.